The minimum atomic E-state index is -0.0939. The maximum Gasteiger partial charge on any atom is 0.263 e. The van der Waals surface area contributed by atoms with E-state index in [0.717, 1.165) is 5.01 Å². The molecule has 0 aliphatic heterocycles. The van der Waals surface area contributed by atoms with Gasteiger partial charge in [0.25, 0.3) is 5.91 Å². The molecule has 72 valence electrons. The second kappa shape index (κ2) is 4.34. The molecule has 0 saturated carbocycles. The molecule has 0 aliphatic rings. The molecule has 0 radical (unpaired) electrons. The molecule has 0 saturated heterocycles. The lowest BCUT2D eigenvalue weighted by molar-refractivity contribution is 0.0945. The number of carbonyl (C=O) groups is 1. The van der Waals surface area contributed by atoms with Gasteiger partial charge in [-0.1, -0.05) is 0 Å². The molecular formula is C8H13N3OS. The second-order valence-corrected chi connectivity index (χ2v) is 4.09. The Hall–Kier alpha value is -0.940. The fourth-order valence-electron chi connectivity index (χ4n) is 0.820. The molecule has 0 bridgehead atoms. The summed E-state index contributed by atoms with van der Waals surface area (Å²) in [4.78, 5) is 16.1. The lowest BCUT2D eigenvalue weighted by Gasteiger charge is -2.09. The van der Waals surface area contributed by atoms with Crippen molar-refractivity contribution >= 4 is 17.2 Å². The predicted octanol–water partition coefficient (Wildman–Crippen LogP) is 0.529. The number of aromatic nitrogens is 1. The van der Waals surface area contributed by atoms with Crippen LogP contribution in [0, 0.1) is 6.92 Å². The fourth-order valence-corrected chi connectivity index (χ4v) is 1.50. The Balaban J connectivity index is 2.58. The number of thiazole rings is 1. The van der Waals surface area contributed by atoms with Crippen LogP contribution in [0.2, 0.25) is 0 Å². The van der Waals surface area contributed by atoms with E-state index in [1.54, 1.807) is 6.20 Å². The number of rotatable bonds is 3. The molecule has 4 nitrogen and oxygen atoms in total. The topological polar surface area (TPSA) is 68.0 Å². The van der Waals surface area contributed by atoms with E-state index in [2.05, 4.69) is 10.3 Å². The third-order valence-corrected chi connectivity index (χ3v) is 2.49. The summed E-state index contributed by atoms with van der Waals surface area (Å²) >= 11 is 1.38. The molecule has 1 unspecified atom stereocenters. The van der Waals surface area contributed by atoms with Crippen LogP contribution in [0.3, 0.4) is 0 Å². The van der Waals surface area contributed by atoms with E-state index in [-0.39, 0.29) is 11.9 Å². The van der Waals surface area contributed by atoms with E-state index in [1.807, 2.05) is 13.8 Å². The first-order valence-corrected chi connectivity index (χ1v) is 4.88. The summed E-state index contributed by atoms with van der Waals surface area (Å²) in [7, 11) is 0. The fraction of sp³-hybridized carbons (Fsp3) is 0.500. The summed E-state index contributed by atoms with van der Waals surface area (Å²) in [5, 5.41) is 3.66. The molecule has 0 spiro atoms. The first-order valence-electron chi connectivity index (χ1n) is 4.07. The smallest absolute Gasteiger partial charge is 0.263 e. The number of aryl methyl sites for hydroxylation is 1. The summed E-state index contributed by atoms with van der Waals surface area (Å²) < 4.78 is 0. The van der Waals surface area contributed by atoms with E-state index in [0.29, 0.717) is 11.4 Å². The van der Waals surface area contributed by atoms with Crippen LogP contribution in [0.1, 0.15) is 21.6 Å². The Bertz CT molecular complexity index is 297. The van der Waals surface area contributed by atoms with Gasteiger partial charge in [0.05, 0.1) is 11.2 Å². The van der Waals surface area contributed by atoms with Crippen LogP contribution in [0.15, 0.2) is 6.20 Å². The lowest BCUT2D eigenvalue weighted by atomic mass is 10.3. The van der Waals surface area contributed by atoms with Crippen molar-refractivity contribution in [2.75, 3.05) is 6.54 Å². The SMILES string of the molecule is Cc1ncc(C(=O)NC(C)CN)s1. The van der Waals surface area contributed by atoms with Crippen LogP contribution in [-0.4, -0.2) is 23.5 Å². The van der Waals surface area contributed by atoms with Crippen molar-refractivity contribution < 1.29 is 4.79 Å². The quantitative estimate of drug-likeness (QED) is 0.746. The van der Waals surface area contributed by atoms with Gasteiger partial charge < -0.3 is 11.1 Å². The van der Waals surface area contributed by atoms with Crippen molar-refractivity contribution in [2.45, 2.75) is 19.9 Å². The summed E-state index contributed by atoms with van der Waals surface area (Å²) in [6, 6.07) is 0.00917. The zero-order chi connectivity index (χ0) is 9.84. The van der Waals surface area contributed by atoms with Gasteiger partial charge in [-0.2, -0.15) is 0 Å². The van der Waals surface area contributed by atoms with Crippen LogP contribution in [0.25, 0.3) is 0 Å². The minimum absolute atomic E-state index is 0.00917. The Kier molecular flexibility index (Phi) is 3.39. The van der Waals surface area contributed by atoms with E-state index >= 15 is 0 Å². The number of carbonyl (C=O) groups excluding carboxylic acids is 1. The van der Waals surface area contributed by atoms with Gasteiger partial charge >= 0.3 is 0 Å². The van der Waals surface area contributed by atoms with Crippen molar-refractivity contribution in [1.29, 1.82) is 0 Å². The molecule has 13 heavy (non-hydrogen) atoms. The normalized spacial score (nSPS) is 12.5. The number of hydrogen-bond donors (Lipinski definition) is 2. The molecule has 5 heteroatoms. The monoisotopic (exact) mass is 199 g/mol. The molecule has 1 amide bonds. The molecule has 1 rings (SSSR count). The molecular weight excluding hydrogens is 186 g/mol. The summed E-state index contributed by atoms with van der Waals surface area (Å²) in [6.07, 6.45) is 1.58. The first-order chi connectivity index (χ1) is 6.13. The Morgan fingerprint density at radius 2 is 2.54 bits per heavy atom. The lowest BCUT2D eigenvalue weighted by Crippen LogP contribution is -2.37. The largest absolute Gasteiger partial charge is 0.348 e. The molecule has 0 fully saturated rings. The van der Waals surface area contributed by atoms with E-state index in [1.165, 1.54) is 11.3 Å². The average Bonchev–Trinajstić information content (AvgIpc) is 2.51. The number of hydrogen-bond acceptors (Lipinski definition) is 4. The number of nitrogens with zero attached hydrogens (tertiary/aromatic N) is 1. The van der Waals surface area contributed by atoms with Gasteiger partial charge in [-0.3, -0.25) is 4.79 Å². The van der Waals surface area contributed by atoms with E-state index in [9.17, 15) is 4.79 Å². The van der Waals surface area contributed by atoms with Crippen molar-refractivity contribution in [3.63, 3.8) is 0 Å². The van der Waals surface area contributed by atoms with E-state index in [4.69, 9.17) is 5.73 Å². The first kappa shape index (κ1) is 10.1. The Morgan fingerprint density at radius 1 is 1.85 bits per heavy atom. The highest BCUT2D eigenvalue weighted by atomic mass is 32.1. The maximum absolute atomic E-state index is 11.4. The number of amides is 1. The minimum Gasteiger partial charge on any atom is -0.348 e. The highest BCUT2D eigenvalue weighted by Crippen LogP contribution is 2.10. The van der Waals surface area contributed by atoms with Crippen molar-refractivity contribution in [2.24, 2.45) is 5.73 Å². The molecule has 1 aromatic rings. The summed E-state index contributed by atoms with van der Waals surface area (Å²) in [5.41, 5.74) is 5.38. The molecule has 0 aromatic carbocycles. The van der Waals surface area contributed by atoms with Gasteiger partial charge in [0, 0.05) is 12.6 Å². The highest BCUT2D eigenvalue weighted by molar-refractivity contribution is 7.13. The standard InChI is InChI=1S/C8H13N3OS/c1-5(3-9)11-8(12)7-4-10-6(2)13-7/h4-5H,3,9H2,1-2H3,(H,11,12). The number of nitrogens with one attached hydrogen (secondary N) is 1. The van der Waals surface area contributed by atoms with Crippen LogP contribution in [-0.2, 0) is 0 Å². The average molecular weight is 199 g/mol. The van der Waals surface area contributed by atoms with Gasteiger partial charge in [0.1, 0.15) is 4.88 Å². The zero-order valence-electron chi connectivity index (χ0n) is 7.70. The second-order valence-electron chi connectivity index (χ2n) is 2.85. The molecule has 1 atom stereocenters. The van der Waals surface area contributed by atoms with Gasteiger partial charge in [-0.05, 0) is 13.8 Å². The van der Waals surface area contributed by atoms with Crippen LogP contribution < -0.4 is 11.1 Å². The van der Waals surface area contributed by atoms with Gasteiger partial charge in [0.15, 0.2) is 0 Å². The van der Waals surface area contributed by atoms with Gasteiger partial charge in [-0.25, -0.2) is 4.98 Å². The van der Waals surface area contributed by atoms with Gasteiger partial charge in [-0.15, -0.1) is 11.3 Å². The summed E-state index contributed by atoms with van der Waals surface area (Å²) in [5.74, 6) is -0.0939. The van der Waals surface area contributed by atoms with E-state index < -0.39 is 0 Å². The highest BCUT2D eigenvalue weighted by Gasteiger charge is 2.10. The Morgan fingerprint density at radius 3 is 3.00 bits per heavy atom. The third-order valence-electron chi connectivity index (χ3n) is 1.58. The summed E-state index contributed by atoms with van der Waals surface area (Å²) in [6.45, 7) is 4.18. The van der Waals surface area contributed by atoms with Crippen LogP contribution in [0.4, 0.5) is 0 Å². The number of nitrogens with two attached hydrogens (primary N) is 1. The predicted molar refractivity (Wildman–Crippen MR) is 52.8 cm³/mol. The van der Waals surface area contributed by atoms with Crippen molar-refractivity contribution in [3.05, 3.63) is 16.1 Å². The van der Waals surface area contributed by atoms with Crippen LogP contribution >= 0.6 is 11.3 Å². The van der Waals surface area contributed by atoms with Crippen LogP contribution in [0.5, 0.6) is 0 Å². The molecule has 1 aromatic heterocycles. The van der Waals surface area contributed by atoms with Crippen molar-refractivity contribution in [1.82, 2.24) is 10.3 Å². The van der Waals surface area contributed by atoms with Crippen molar-refractivity contribution in [3.8, 4) is 0 Å². The maximum atomic E-state index is 11.4. The third kappa shape index (κ3) is 2.78. The zero-order valence-corrected chi connectivity index (χ0v) is 8.52. The Labute approximate surface area is 81.2 Å². The molecule has 1 heterocycles. The molecule has 0 aliphatic carbocycles. The van der Waals surface area contributed by atoms with Gasteiger partial charge in [0.2, 0.25) is 0 Å². The molecule has 3 N–H and O–H groups in total.